The van der Waals surface area contributed by atoms with Gasteiger partial charge in [-0.15, -0.1) is 0 Å². The molecule has 6 nitrogen and oxygen atoms in total. The van der Waals surface area contributed by atoms with Gasteiger partial charge >= 0.3 is 5.97 Å². The molecule has 3 rings (SSSR count). The van der Waals surface area contributed by atoms with Crippen LogP contribution in [-0.2, 0) is 20.7 Å². The second-order valence-corrected chi connectivity index (χ2v) is 5.16. The van der Waals surface area contributed by atoms with Crippen molar-refractivity contribution in [1.82, 2.24) is 5.32 Å². The number of nitrogens with zero attached hydrogens (tertiary/aromatic N) is 2. The van der Waals surface area contributed by atoms with Gasteiger partial charge in [-0.2, -0.15) is 0 Å². The standard InChI is InChI=1S/C15H17N3O3/c1-21-13(19)8-11-9-16-15(17-14(11)20)18-7-6-10-4-2-3-5-12(10)18/h2-5,11H,6-9H2,1H3,(H,16,17,20)/t11-/m0/s1. The average molecular weight is 287 g/mol. The van der Waals surface area contributed by atoms with E-state index in [0.717, 1.165) is 18.7 Å². The molecule has 0 radical (unpaired) electrons. The predicted molar refractivity (Wildman–Crippen MR) is 78.1 cm³/mol. The van der Waals surface area contributed by atoms with Gasteiger partial charge in [-0.1, -0.05) is 18.2 Å². The van der Waals surface area contributed by atoms with E-state index >= 15 is 0 Å². The average Bonchev–Trinajstić information content (AvgIpc) is 2.93. The van der Waals surface area contributed by atoms with Crippen molar-refractivity contribution in [2.45, 2.75) is 12.8 Å². The van der Waals surface area contributed by atoms with Gasteiger partial charge in [0, 0.05) is 12.2 Å². The summed E-state index contributed by atoms with van der Waals surface area (Å²) in [6.07, 6.45) is 1.01. The van der Waals surface area contributed by atoms with Gasteiger partial charge in [0.05, 0.1) is 26.0 Å². The maximum absolute atomic E-state index is 12.1. The Labute approximate surface area is 122 Å². The van der Waals surface area contributed by atoms with Gasteiger partial charge in [-0.3, -0.25) is 19.9 Å². The van der Waals surface area contributed by atoms with Crippen LogP contribution in [0.4, 0.5) is 5.69 Å². The Bertz CT molecular complexity index is 612. The summed E-state index contributed by atoms with van der Waals surface area (Å²) in [5, 5.41) is 2.81. The van der Waals surface area contributed by atoms with Crippen LogP contribution in [0.3, 0.4) is 0 Å². The van der Waals surface area contributed by atoms with Gasteiger partial charge in [0.1, 0.15) is 0 Å². The van der Waals surface area contributed by atoms with Gasteiger partial charge in [0.25, 0.3) is 0 Å². The minimum Gasteiger partial charge on any atom is -0.469 e. The molecule has 21 heavy (non-hydrogen) atoms. The highest BCUT2D eigenvalue weighted by atomic mass is 16.5. The van der Waals surface area contributed by atoms with E-state index in [1.165, 1.54) is 12.7 Å². The topological polar surface area (TPSA) is 71.0 Å². The van der Waals surface area contributed by atoms with E-state index in [2.05, 4.69) is 21.1 Å². The summed E-state index contributed by atoms with van der Waals surface area (Å²) >= 11 is 0. The number of nitrogens with one attached hydrogen (secondary N) is 1. The van der Waals surface area contributed by atoms with Crippen molar-refractivity contribution in [2.75, 3.05) is 25.1 Å². The number of methoxy groups -OCH3 is 1. The minimum absolute atomic E-state index is 0.0652. The van der Waals surface area contributed by atoms with E-state index in [4.69, 9.17) is 0 Å². The van der Waals surface area contributed by atoms with E-state index < -0.39 is 5.92 Å². The number of hydrogen-bond acceptors (Lipinski definition) is 5. The van der Waals surface area contributed by atoms with Gasteiger partial charge in [-0.05, 0) is 18.1 Å². The summed E-state index contributed by atoms with van der Waals surface area (Å²) in [5.41, 5.74) is 2.34. The maximum atomic E-state index is 12.1. The normalized spacial score (nSPS) is 20.6. The lowest BCUT2D eigenvalue weighted by Crippen LogP contribution is -2.50. The first kappa shape index (κ1) is 13.6. The van der Waals surface area contributed by atoms with E-state index in [0.29, 0.717) is 12.5 Å². The van der Waals surface area contributed by atoms with E-state index in [1.807, 2.05) is 23.1 Å². The third-order valence-corrected chi connectivity index (χ3v) is 3.85. The van der Waals surface area contributed by atoms with Crippen molar-refractivity contribution in [3.8, 4) is 0 Å². The van der Waals surface area contributed by atoms with Crippen molar-refractivity contribution in [1.29, 1.82) is 0 Å². The van der Waals surface area contributed by atoms with Crippen LogP contribution in [0.1, 0.15) is 12.0 Å². The molecule has 0 saturated carbocycles. The SMILES string of the molecule is COC(=O)C[C@H]1CN=C(N2CCc3ccccc32)NC1=O. The number of guanidine groups is 1. The third-order valence-electron chi connectivity index (χ3n) is 3.85. The number of carbonyl (C=O) groups excluding carboxylic acids is 2. The lowest BCUT2D eigenvalue weighted by Gasteiger charge is -2.27. The summed E-state index contributed by atoms with van der Waals surface area (Å²) in [4.78, 5) is 29.8. The van der Waals surface area contributed by atoms with Gasteiger partial charge in [0.2, 0.25) is 11.9 Å². The number of hydrogen-bond donors (Lipinski definition) is 1. The summed E-state index contributed by atoms with van der Waals surface area (Å²) in [7, 11) is 1.32. The van der Waals surface area contributed by atoms with Gasteiger partial charge in [-0.25, -0.2) is 0 Å². The van der Waals surface area contributed by atoms with Crippen LogP contribution in [0.2, 0.25) is 0 Å². The molecule has 1 amide bonds. The molecule has 6 heteroatoms. The Morgan fingerprint density at radius 3 is 3.05 bits per heavy atom. The quantitative estimate of drug-likeness (QED) is 0.813. The Balaban J connectivity index is 1.74. The summed E-state index contributed by atoms with van der Waals surface area (Å²) in [6.45, 7) is 1.12. The van der Waals surface area contributed by atoms with Gasteiger partial charge < -0.3 is 9.64 Å². The highest BCUT2D eigenvalue weighted by Crippen LogP contribution is 2.28. The summed E-state index contributed by atoms with van der Waals surface area (Å²) < 4.78 is 4.60. The van der Waals surface area contributed by atoms with Gasteiger partial charge in [0.15, 0.2) is 0 Å². The van der Waals surface area contributed by atoms with Crippen LogP contribution in [0.5, 0.6) is 0 Å². The second kappa shape index (κ2) is 5.55. The number of rotatable bonds is 2. The molecule has 1 atom stereocenters. The molecule has 1 aromatic rings. The van der Waals surface area contributed by atoms with Crippen molar-refractivity contribution in [3.05, 3.63) is 29.8 Å². The molecule has 1 N–H and O–H groups in total. The highest BCUT2D eigenvalue weighted by molar-refractivity contribution is 6.08. The lowest BCUT2D eigenvalue weighted by molar-refractivity contribution is -0.143. The molecule has 0 aromatic heterocycles. The van der Waals surface area contributed by atoms with Crippen LogP contribution in [0.15, 0.2) is 29.3 Å². The Kier molecular flexibility index (Phi) is 3.60. The molecule has 0 bridgehead atoms. The minimum atomic E-state index is -0.445. The van der Waals surface area contributed by atoms with Crippen LogP contribution < -0.4 is 10.2 Å². The molecule has 2 heterocycles. The number of esters is 1. The first-order valence-corrected chi connectivity index (χ1v) is 6.96. The van der Waals surface area contributed by atoms with E-state index in [-0.39, 0.29) is 18.3 Å². The first-order valence-electron chi connectivity index (χ1n) is 6.96. The largest absolute Gasteiger partial charge is 0.469 e. The molecule has 1 aromatic carbocycles. The number of aliphatic imine (C=N–C) groups is 1. The zero-order chi connectivity index (χ0) is 14.8. The summed E-state index contributed by atoms with van der Waals surface area (Å²) in [6, 6.07) is 8.09. The Morgan fingerprint density at radius 1 is 1.48 bits per heavy atom. The molecule has 0 unspecified atom stereocenters. The van der Waals surface area contributed by atoms with E-state index in [1.54, 1.807) is 0 Å². The molecular weight excluding hydrogens is 270 g/mol. The molecule has 0 fully saturated rings. The number of ether oxygens (including phenoxy) is 1. The number of para-hydroxylation sites is 1. The molecule has 0 saturated heterocycles. The second-order valence-electron chi connectivity index (χ2n) is 5.16. The Morgan fingerprint density at radius 2 is 2.29 bits per heavy atom. The molecule has 2 aliphatic heterocycles. The summed E-state index contributed by atoms with van der Waals surface area (Å²) in [5.74, 6) is -0.430. The third kappa shape index (κ3) is 2.61. The number of carbonyl (C=O) groups is 2. The van der Waals surface area contributed by atoms with Crippen LogP contribution in [0, 0.1) is 5.92 Å². The van der Waals surface area contributed by atoms with Crippen molar-refractivity contribution < 1.29 is 14.3 Å². The molecule has 110 valence electrons. The fraction of sp³-hybridized carbons (Fsp3) is 0.400. The zero-order valence-corrected chi connectivity index (χ0v) is 11.8. The number of fused-ring (bicyclic) bond motifs is 1. The van der Waals surface area contributed by atoms with Crippen molar-refractivity contribution in [3.63, 3.8) is 0 Å². The van der Waals surface area contributed by atoms with Crippen LogP contribution in [0.25, 0.3) is 0 Å². The molecule has 0 spiro atoms. The molecular formula is C15H17N3O3. The Hall–Kier alpha value is -2.37. The first-order chi connectivity index (χ1) is 10.2. The lowest BCUT2D eigenvalue weighted by atomic mass is 10.0. The van der Waals surface area contributed by atoms with Crippen molar-refractivity contribution >= 4 is 23.5 Å². The fourth-order valence-electron chi connectivity index (χ4n) is 2.68. The monoisotopic (exact) mass is 287 g/mol. The smallest absolute Gasteiger partial charge is 0.306 e. The number of anilines is 1. The molecule has 2 aliphatic rings. The molecule has 0 aliphatic carbocycles. The number of benzene rings is 1. The van der Waals surface area contributed by atoms with Crippen molar-refractivity contribution in [2.24, 2.45) is 10.9 Å². The highest BCUT2D eigenvalue weighted by Gasteiger charge is 2.31. The zero-order valence-electron chi connectivity index (χ0n) is 11.8. The van der Waals surface area contributed by atoms with Crippen LogP contribution >= 0.6 is 0 Å². The van der Waals surface area contributed by atoms with Crippen LogP contribution in [-0.4, -0.2) is 38.0 Å². The fourth-order valence-corrected chi connectivity index (χ4v) is 2.68. The maximum Gasteiger partial charge on any atom is 0.306 e. The van der Waals surface area contributed by atoms with E-state index in [9.17, 15) is 9.59 Å². The number of amides is 1. The predicted octanol–water partition coefficient (Wildman–Crippen LogP) is 0.714.